The van der Waals surface area contributed by atoms with E-state index in [-0.39, 0.29) is 28.7 Å². The molecule has 7 nitrogen and oxygen atoms in total. The van der Waals surface area contributed by atoms with Gasteiger partial charge in [-0.1, -0.05) is 12.1 Å². The number of sulfone groups is 1. The summed E-state index contributed by atoms with van der Waals surface area (Å²) in [5.74, 6) is -1.47. The summed E-state index contributed by atoms with van der Waals surface area (Å²) in [4.78, 5) is 16.1. The molecule has 3 N–H and O–H groups in total. The number of carboxylic acid groups (broad SMARTS) is 1. The molecule has 0 unspecified atom stereocenters. The Labute approximate surface area is 190 Å². The third-order valence-corrected chi connectivity index (χ3v) is 6.57. The molecule has 0 aliphatic rings. The van der Waals surface area contributed by atoms with E-state index < -0.39 is 27.7 Å². The van der Waals surface area contributed by atoms with Crippen LogP contribution in [-0.2, 0) is 16.4 Å². The number of alkyl halides is 3. The van der Waals surface area contributed by atoms with Crippen LogP contribution in [0.1, 0.15) is 21.2 Å². The Hall–Kier alpha value is -3.38. The predicted octanol–water partition coefficient (Wildman–Crippen LogP) is 4.50. The largest absolute Gasteiger partial charge is 0.475 e. The number of furan rings is 1. The van der Waals surface area contributed by atoms with Crippen LogP contribution < -0.4 is 5.73 Å². The van der Waals surface area contributed by atoms with E-state index in [2.05, 4.69) is 4.99 Å². The average Bonchev–Trinajstić information content (AvgIpc) is 3.39. The number of hydrogen-bond acceptors (Lipinski definition) is 7. The van der Waals surface area contributed by atoms with Crippen LogP contribution in [-0.4, -0.2) is 37.6 Å². The van der Waals surface area contributed by atoms with E-state index >= 15 is 0 Å². The highest BCUT2D eigenvalue weighted by Gasteiger charge is 2.32. The lowest BCUT2D eigenvalue weighted by atomic mass is 10.2. The molecule has 0 bridgehead atoms. The number of halogens is 3. The Balaban J connectivity index is 1.99. The summed E-state index contributed by atoms with van der Waals surface area (Å²) in [6.45, 7) is -0.221. The lowest BCUT2D eigenvalue weighted by Gasteiger charge is -2.07. The van der Waals surface area contributed by atoms with Crippen LogP contribution in [0.4, 0.5) is 13.2 Å². The average molecular weight is 499 g/mol. The Morgan fingerprint density at radius 2 is 1.94 bits per heavy atom. The molecule has 0 amide bonds. The molecular weight excluding hydrogens is 481 g/mol. The fourth-order valence-electron chi connectivity index (χ4n) is 2.68. The zero-order valence-corrected chi connectivity index (χ0v) is 18.6. The van der Waals surface area contributed by atoms with Gasteiger partial charge in [-0.3, -0.25) is 4.99 Å². The number of allylic oxidation sites excluding steroid dienone is 2. The van der Waals surface area contributed by atoms with Crippen molar-refractivity contribution in [2.45, 2.75) is 17.6 Å². The molecule has 3 rings (SSSR count). The first-order valence-electron chi connectivity index (χ1n) is 9.16. The van der Waals surface area contributed by atoms with E-state index in [1.54, 1.807) is 18.2 Å². The van der Waals surface area contributed by atoms with Gasteiger partial charge in [0.05, 0.1) is 22.0 Å². The zero-order valence-electron chi connectivity index (χ0n) is 17.0. The Morgan fingerprint density at radius 3 is 2.55 bits per heavy atom. The normalized spacial score (nSPS) is 13.3. The number of nitrogens with zero attached hydrogens (tertiary/aromatic N) is 1. The first kappa shape index (κ1) is 24.3. The quantitative estimate of drug-likeness (QED) is 0.462. The van der Waals surface area contributed by atoms with Crippen LogP contribution in [0.5, 0.6) is 0 Å². The number of aliphatic imine (C=N–C) groups is 1. The number of carbonyl (C=O) groups is 1. The third-order valence-electron chi connectivity index (χ3n) is 4.30. The van der Waals surface area contributed by atoms with E-state index in [1.807, 2.05) is 0 Å². The van der Waals surface area contributed by atoms with Crippen LogP contribution >= 0.6 is 11.3 Å². The highest BCUT2D eigenvalue weighted by molar-refractivity contribution is 7.90. The smallest absolute Gasteiger partial charge is 0.430 e. The molecular formula is C21H17F3N2O5S2. The van der Waals surface area contributed by atoms with Crippen LogP contribution in [0, 0.1) is 0 Å². The van der Waals surface area contributed by atoms with Crippen molar-refractivity contribution in [3.63, 3.8) is 0 Å². The molecule has 33 heavy (non-hydrogen) atoms. The molecule has 0 fully saturated rings. The van der Waals surface area contributed by atoms with Crippen molar-refractivity contribution in [1.29, 1.82) is 0 Å². The maximum Gasteiger partial charge on any atom is 0.430 e. The fourth-order valence-corrected chi connectivity index (χ4v) is 4.32. The highest BCUT2D eigenvalue weighted by atomic mass is 32.2. The molecule has 0 atom stereocenters. The summed E-state index contributed by atoms with van der Waals surface area (Å²) in [5.41, 5.74) is 4.30. The van der Waals surface area contributed by atoms with Crippen molar-refractivity contribution in [1.82, 2.24) is 0 Å². The van der Waals surface area contributed by atoms with Gasteiger partial charge in [0.2, 0.25) is 5.76 Å². The van der Waals surface area contributed by atoms with Crippen LogP contribution in [0.15, 0.2) is 74.6 Å². The third kappa shape index (κ3) is 6.11. The van der Waals surface area contributed by atoms with Gasteiger partial charge in [-0.05, 0) is 48.0 Å². The predicted molar refractivity (Wildman–Crippen MR) is 117 cm³/mol. The van der Waals surface area contributed by atoms with Gasteiger partial charge in [-0.25, -0.2) is 13.2 Å². The molecule has 3 aromatic rings. The van der Waals surface area contributed by atoms with Gasteiger partial charge in [0.25, 0.3) is 0 Å². The first-order chi connectivity index (χ1) is 15.3. The summed E-state index contributed by atoms with van der Waals surface area (Å²) >= 11 is 1.09. The van der Waals surface area contributed by atoms with E-state index in [4.69, 9.17) is 15.3 Å². The van der Waals surface area contributed by atoms with E-state index in [0.717, 1.165) is 17.6 Å². The van der Waals surface area contributed by atoms with Crippen LogP contribution in [0.25, 0.3) is 10.4 Å². The minimum absolute atomic E-state index is 0.0892. The van der Waals surface area contributed by atoms with Gasteiger partial charge in [0, 0.05) is 11.1 Å². The molecule has 2 aromatic heterocycles. The van der Waals surface area contributed by atoms with Crippen molar-refractivity contribution in [3.8, 4) is 10.4 Å². The summed E-state index contributed by atoms with van der Waals surface area (Å²) < 4.78 is 67.8. The second-order valence-electron chi connectivity index (χ2n) is 6.83. The molecule has 1 aromatic carbocycles. The Kier molecular flexibility index (Phi) is 6.79. The Bertz CT molecular complexity index is 1350. The minimum atomic E-state index is -4.77. The lowest BCUT2D eigenvalue weighted by Crippen LogP contribution is -2.20. The molecule has 0 saturated carbocycles. The molecule has 0 radical (unpaired) electrons. The minimum Gasteiger partial charge on any atom is -0.475 e. The first-order valence-corrected chi connectivity index (χ1v) is 11.9. The van der Waals surface area contributed by atoms with Crippen molar-refractivity contribution < 1.29 is 35.9 Å². The Morgan fingerprint density at radius 1 is 1.21 bits per heavy atom. The van der Waals surface area contributed by atoms with Gasteiger partial charge in [0.15, 0.2) is 9.84 Å². The van der Waals surface area contributed by atoms with Crippen LogP contribution in [0.3, 0.4) is 0 Å². The van der Waals surface area contributed by atoms with Gasteiger partial charge >= 0.3 is 12.1 Å². The second-order valence-corrected chi connectivity index (χ2v) is 9.93. The number of hydrogen-bond donors (Lipinski definition) is 2. The molecule has 0 aliphatic carbocycles. The molecule has 0 aliphatic heterocycles. The van der Waals surface area contributed by atoms with Gasteiger partial charge < -0.3 is 15.3 Å². The van der Waals surface area contributed by atoms with Crippen molar-refractivity contribution in [2.24, 2.45) is 10.7 Å². The van der Waals surface area contributed by atoms with E-state index in [0.29, 0.717) is 21.4 Å². The van der Waals surface area contributed by atoms with Gasteiger partial charge in [-0.2, -0.15) is 13.2 Å². The number of benzene rings is 1. The summed E-state index contributed by atoms with van der Waals surface area (Å²) in [6.07, 6.45) is -3.01. The standard InChI is InChI=1S/C21H17F3N2O5S2/c1-33(29,30)14-4-2-3-12(9-14)17-7-8-18(32-17)15(10-19(25)21(22,23)24)26-11-13-5-6-16(31-13)20(27)28/h2-10H,11,25H2,1H3,(H,27,28)/b19-10-,26-15?. The number of nitrogens with two attached hydrogens (primary N) is 1. The molecule has 0 spiro atoms. The monoisotopic (exact) mass is 498 g/mol. The van der Waals surface area contributed by atoms with Crippen LogP contribution in [0.2, 0.25) is 0 Å². The maximum absolute atomic E-state index is 13.0. The number of thiophene rings is 1. The van der Waals surface area contributed by atoms with Crippen molar-refractivity contribution in [2.75, 3.05) is 6.26 Å². The van der Waals surface area contributed by atoms with Crippen molar-refractivity contribution in [3.05, 3.63) is 76.7 Å². The highest BCUT2D eigenvalue weighted by Crippen LogP contribution is 2.31. The topological polar surface area (TPSA) is 123 Å². The number of aromatic carboxylic acids is 1. The maximum atomic E-state index is 13.0. The number of carboxylic acids is 1. The molecule has 174 valence electrons. The SMILES string of the molecule is CS(=O)(=O)c1cccc(-c2ccc(C(/C=C(\N)C(F)(F)F)=NCc3ccc(C(=O)O)o3)s2)c1. The summed E-state index contributed by atoms with van der Waals surface area (Å²) in [5, 5.41) is 8.93. The summed E-state index contributed by atoms with van der Waals surface area (Å²) in [7, 11) is -3.44. The number of rotatable bonds is 7. The lowest BCUT2D eigenvalue weighted by molar-refractivity contribution is -0.0925. The zero-order chi connectivity index (χ0) is 24.4. The molecule has 2 heterocycles. The fraction of sp³-hybridized carbons (Fsp3) is 0.143. The van der Waals surface area contributed by atoms with E-state index in [9.17, 15) is 26.4 Å². The van der Waals surface area contributed by atoms with Gasteiger partial charge in [0.1, 0.15) is 11.5 Å². The van der Waals surface area contributed by atoms with Gasteiger partial charge in [-0.15, -0.1) is 11.3 Å². The summed E-state index contributed by atoms with van der Waals surface area (Å²) in [6, 6.07) is 11.9. The second kappa shape index (κ2) is 9.24. The van der Waals surface area contributed by atoms with E-state index in [1.165, 1.54) is 30.3 Å². The molecule has 12 heteroatoms. The van der Waals surface area contributed by atoms with Crippen molar-refractivity contribution >= 4 is 32.9 Å². The molecule has 0 saturated heterocycles.